The first-order chi connectivity index (χ1) is 9.95. The van der Waals surface area contributed by atoms with Gasteiger partial charge in [-0.1, -0.05) is 34.1 Å². The second-order valence-electron chi connectivity index (χ2n) is 10.1. The third-order valence-electron chi connectivity index (χ3n) is 9.40. The maximum Gasteiger partial charge on any atom is -0.0266 e. The summed E-state index contributed by atoms with van der Waals surface area (Å²) in [5, 5.41) is 0. The highest BCUT2D eigenvalue weighted by atomic mass is 14.6. The van der Waals surface area contributed by atoms with Crippen molar-refractivity contribution in [1.82, 2.24) is 0 Å². The topological polar surface area (TPSA) is 0 Å². The molecule has 120 valence electrons. The van der Waals surface area contributed by atoms with Gasteiger partial charge in [0.2, 0.25) is 0 Å². The van der Waals surface area contributed by atoms with Crippen LogP contribution in [-0.2, 0) is 0 Å². The molecule has 0 bridgehead atoms. The van der Waals surface area contributed by atoms with Gasteiger partial charge in [-0.25, -0.2) is 0 Å². The van der Waals surface area contributed by atoms with E-state index in [9.17, 15) is 0 Å². The van der Waals surface area contributed by atoms with Crippen LogP contribution in [0.15, 0.2) is 0 Å². The summed E-state index contributed by atoms with van der Waals surface area (Å²) in [5.41, 5.74) is 1.41. The Balaban J connectivity index is 1.62. The molecule has 4 aliphatic rings. The smallest absolute Gasteiger partial charge is 0.0266 e. The van der Waals surface area contributed by atoms with Crippen LogP contribution in [0.25, 0.3) is 0 Å². The molecule has 0 aromatic rings. The van der Waals surface area contributed by atoms with Gasteiger partial charge in [0, 0.05) is 0 Å². The fourth-order valence-electron chi connectivity index (χ4n) is 7.74. The lowest BCUT2D eigenvalue weighted by atomic mass is 9.44. The van der Waals surface area contributed by atoms with Crippen molar-refractivity contribution in [3.63, 3.8) is 0 Å². The lowest BCUT2D eigenvalue weighted by Crippen LogP contribution is -2.53. The van der Waals surface area contributed by atoms with Gasteiger partial charge in [0.05, 0.1) is 0 Å². The molecule has 0 N–H and O–H groups in total. The van der Waals surface area contributed by atoms with Crippen molar-refractivity contribution in [2.45, 2.75) is 85.5 Å². The minimum Gasteiger partial charge on any atom is -0.0625 e. The summed E-state index contributed by atoms with van der Waals surface area (Å²) in [6, 6.07) is 0. The van der Waals surface area contributed by atoms with Crippen LogP contribution < -0.4 is 0 Å². The fourth-order valence-corrected chi connectivity index (χ4v) is 7.74. The Morgan fingerprint density at radius 2 is 1.43 bits per heavy atom. The summed E-state index contributed by atoms with van der Waals surface area (Å²) < 4.78 is 0. The fraction of sp³-hybridized carbons (Fsp3) is 1.00. The zero-order valence-electron chi connectivity index (χ0n) is 14.8. The molecule has 0 nitrogen and oxygen atoms in total. The van der Waals surface area contributed by atoms with Crippen LogP contribution in [0, 0.1) is 46.3 Å². The number of hydrogen-bond acceptors (Lipinski definition) is 0. The Bertz CT molecular complexity index is 412. The Morgan fingerprint density at radius 3 is 2.24 bits per heavy atom. The van der Waals surface area contributed by atoms with Gasteiger partial charge in [-0.3, -0.25) is 0 Å². The molecule has 0 heteroatoms. The number of fused-ring (bicyclic) bond motifs is 5. The van der Waals surface area contributed by atoms with Crippen LogP contribution >= 0.6 is 0 Å². The molecule has 0 aliphatic heterocycles. The minimum absolute atomic E-state index is 0.701. The van der Waals surface area contributed by atoms with Crippen LogP contribution in [-0.4, -0.2) is 0 Å². The summed E-state index contributed by atoms with van der Waals surface area (Å²) >= 11 is 0. The van der Waals surface area contributed by atoms with Gasteiger partial charge in [-0.2, -0.15) is 0 Å². The largest absolute Gasteiger partial charge is 0.0625 e. The summed E-state index contributed by atoms with van der Waals surface area (Å²) in [6.07, 6.45) is 13.9. The van der Waals surface area contributed by atoms with E-state index in [1.54, 1.807) is 32.1 Å². The maximum atomic E-state index is 2.71. The Labute approximate surface area is 132 Å². The molecule has 4 fully saturated rings. The summed E-state index contributed by atoms with van der Waals surface area (Å²) in [7, 11) is 0. The van der Waals surface area contributed by atoms with Crippen LogP contribution in [0.2, 0.25) is 0 Å². The molecule has 4 rings (SSSR count). The van der Waals surface area contributed by atoms with E-state index in [4.69, 9.17) is 0 Å². The third-order valence-corrected chi connectivity index (χ3v) is 9.40. The van der Waals surface area contributed by atoms with Gasteiger partial charge in [-0.15, -0.1) is 0 Å². The van der Waals surface area contributed by atoms with Crippen LogP contribution in [0.1, 0.15) is 85.5 Å². The first kappa shape index (κ1) is 14.6. The molecular weight excluding hydrogens is 252 g/mol. The Kier molecular flexibility index (Phi) is 3.30. The van der Waals surface area contributed by atoms with Crippen molar-refractivity contribution >= 4 is 0 Å². The second kappa shape index (κ2) is 4.75. The molecule has 0 amide bonds. The van der Waals surface area contributed by atoms with Gasteiger partial charge >= 0.3 is 0 Å². The highest BCUT2D eigenvalue weighted by Gasteiger charge is 2.59. The first-order valence-corrected chi connectivity index (χ1v) is 9.95. The minimum atomic E-state index is 0.701. The lowest BCUT2D eigenvalue weighted by molar-refractivity contribution is -0.115. The van der Waals surface area contributed by atoms with Crippen molar-refractivity contribution in [2.75, 3.05) is 0 Å². The zero-order chi connectivity index (χ0) is 14.8. The standard InChI is InChI=1S/C21H36/c1-14-9-11-21(4)16(13-14)6-7-17-18-8-5-15(2)20(18,3)12-10-19(17)21/h14-19H,5-13H2,1-4H3. The zero-order valence-corrected chi connectivity index (χ0v) is 14.8. The van der Waals surface area contributed by atoms with Crippen LogP contribution in [0.5, 0.6) is 0 Å². The molecule has 4 aliphatic carbocycles. The van der Waals surface area contributed by atoms with E-state index in [-0.39, 0.29) is 0 Å². The monoisotopic (exact) mass is 288 g/mol. The van der Waals surface area contributed by atoms with Gasteiger partial charge in [0.25, 0.3) is 0 Å². The number of hydrogen-bond donors (Lipinski definition) is 0. The van der Waals surface area contributed by atoms with Gasteiger partial charge < -0.3 is 0 Å². The molecule has 4 saturated carbocycles. The van der Waals surface area contributed by atoms with E-state index in [0.717, 1.165) is 35.5 Å². The van der Waals surface area contributed by atoms with Crippen LogP contribution in [0.3, 0.4) is 0 Å². The van der Waals surface area contributed by atoms with Crippen molar-refractivity contribution in [3.8, 4) is 0 Å². The maximum absolute atomic E-state index is 2.71. The van der Waals surface area contributed by atoms with E-state index in [2.05, 4.69) is 27.7 Å². The van der Waals surface area contributed by atoms with E-state index in [1.165, 1.54) is 25.7 Å². The third kappa shape index (κ3) is 1.93. The quantitative estimate of drug-likeness (QED) is 0.490. The molecule has 0 spiro atoms. The second-order valence-corrected chi connectivity index (χ2v) is 10.1. The van der Waals surface area contributed by atoms with Crippen molar-refractivity contribution in [3.05, 3.63) is 0 Å². The Morgan fingerprint density at radius 1 is 0.714 bits per heavy atom. The summed E-state index contributed by atoms with van der Waals surface area (Å²) in [4.78, 5) is 0. The molecule has 21 heavy (non-hydrogen) atoms. The molecule has 0 aromatic carbocycles. The average molecular weight is 289 g/mol. The SMILES string of the molecule is CC1CCC2(C)C(CCC3C4CCC(C)C4(C)CCC32)C1. The van der Waals surface area contributed by atoms with E-state index in [0.29, 0.717) is 10.8 Å². The molecule has 8 atom stereocenters. The summed E-state index contributed by atoms with van der Waals surface area (Å²) in [5.74, 6) is 6.28. The highest BCUT2D eigenvalue weighted by molar-refractivity contribution is 5.08. The van der Waals surface area contributed by atoms with Gasteiger partial charge in [0.15, 0.2) is 0 Å². The lowest BCUT2D eigenvalue weighted by Gasteiger charge is -2.61. The van der Waals surface area contributed by atoms with Crippen molar-refractivity contribution in [2.24, 2.45) is 46.3 Å². The van der Waals surface area contributed by atoms with E-state index >= 15 is 0 Å². The van der Waals surface area contributed by atoms with Gasteiger partial charge in [0.1, 0.15) is 0 Å². The number of rotatable bonds is 0. The highest BCUT2D eigenvalue weighted by Crippen LogP contribution is 2.67. The summed E-state index contributed by atoms with van der Waals surface area (Å²) in [6.45, 7) is 10.4. The molecule has 0 aromatic heterocycles. The molecule has 0 saturated heterocycles. The van der Waals surface area contributed by atoms with Crippen molar-refractivity contribution in [1.29, 1.82) is 0 Å². The van der Waals surface area contributed by atoms with E-state index in [1.807, 2.05) is 0 Å². The molecule has 0 heterocycles. The predicted octanol–water partition coefficient (Wildman–Crippen LogP) is 6.30. The molecular formula is C21H36. The normalized spacial score (nSPS) is 60.0. The first-order valence-electron chi connectivity index (χ1n) is 9.95. The predicted molar refractivity (Wildman–Crippen MR) is 90.1 cm³/mol. The molecule has 8 unspecified atom stereocenters. The Hall–Kier alpha value is 0. The van der Waals surface area contributed by atoms with Crippen molar-refractivity contribution < 1.29 is 0 Å². The van der Waals surface area contributed by atoms with E-state index < -0.39 is 0 Å². The average Bonchev–Trinajstić information content (AvgIpc) is 2.76. The van der Waals surface area contributed by atoms with Gasteiger partial charge in [-0.05, 0) is 97.7 Å². The van der Waals surface area contributed by atoms with Crippen LogP contribution in [0.4, 0.5) is 0 Å². The molecule has 0 radical (unpaired) electrons.